The van der Waals surface area contributed by atoms with Crippen LogP contribution in [0.4, 0.5) is 17.1 Å². The molecule has 0 fully saturated rings. The van der Waals surface area contributed by atoms with Crippen LogP contribution in [-0.2, 0) is 0 Å². The first-order valence-corrected chi connectivity index (χ1v) is 8.98. The van der Waals surface area contributed by atoms with Gasteiger partial charge in [-0.15, -0.1) is 0 Å². The van der Waals surface area contributed by atoms with Crippen molar-refractivity contribution in [3.05, 3.63) is 96.6 Å². The fraction of sp³-hybridized carbons (Fsp3) is 0.0833. The number of benzene rings is 3. The molecule has 3 aromatic carbocycles. The monoisotopic (exact) mass is 338 g/mol. The van der Waals surface area contributed by atoms with Gasteiger partial charge in [0.25, 0.3) is 0 Å². The zero-order chi connectivity index (χ0) is 17.8. The molecule has 2 nitrogen and oxygen atoms in total. The summed E-state index contributed by atoms with van der Waals surface area (Å²) in [6.45, 7) is 0. The molecule has 0 saturated carbocycles. The lowest BCUT2D eigenvalue weighted by molar-refractivity contribution is 1.04. The standard InChI is InChI=1S/C24H22N2/c25-22-12-6-19(7-13-22)21-10-16-24(17-11-21)26-23-14-8-20(9-15-23)18-4-2-1-3-5-18/h2,4-17,26H,1,3,25H2. The fourth-order valence-electron chi connectivity index (χ4n) is 3.16. The molecule has 0 bridgehead atoms. The van der Waals surface area contributed by atoms with E-state index in [0.29, 0.717) is 0 Å². The molecular formula is C24H22N2. The molecule has 3 N–H and O–H groups in total. The summed E-state index contributed by atoms with van der Waals surface area (Å²) < 4.78 is 0. The van der Waals surface area contributed by atoms with Gasteiger partial charge in [0.1, 0.15) is 0 Å². The summed E-state index contributed by atoms with van der Waals surface area (Å²) in [6, 6.07) is 25.0. The maximum Gasteiger partial charge on any atom is 0.0384 e. The van der Waals surface area contributed by atoms with Crippen molar-refractivity contribution in [3.63, 3.8) is 0 Å². The largest absolute Gasteiger partial charge is 0.399 e. The average molecular weight is 338 g/mol. The first-order valence-electron chi connectivity index (χ1n) is 8.98. The number of nitrogen functional groups attached to an aromatic ring is 1. The Hall–Kier alpha value is -3.26. The summed E-state index contributed by atoms with van der Waals surface area (Å²) >= 11 is 0. The fourth-order valence-corrected chi connectivity index (χ4v) is 3.16. The van der Waals surface area contributed by atoms with E-state index in [1.807, 2.05) is 24.3 Å². The topological polar surface area (TPSA) is 38.0 Å². The molecule has 0 radical (unpaired) electrons. The second-order valence-electron chi connectivity index (χ2n) is 6.54. The third-order valence-corrected chi connectivity index (χ3v) is 4.63. The summed E-state index contributed by atoms with van der Waals surface area (Å²) in [5.41, 5.74) is 13.6. The number of hydrogen-bond acceptors (Lipinski definition) is 2. The van der Waals surface area contributed by atoms with E-state index in [-0.39, 0.29) is 0 Å². The van der Waals surface area contributed by atoms with Gasteiger partial charge in [-0.25, -0.2) is 0 Å². The first kappa shape index (κ1) is 16.2. The molecule has 0 aliphatic heterocycles. The van der Waals surface area contributed by atoms with E-state index in [1.54, 1.807) is 0 Å². The Morgan fingerprint density at radius 3 is 1.69 bits per heavy atom. The molecular weight excluding hydrogens is 316 g/mol. The molecule has 2 heteroatoms. The van der Waals surface area contributed by atoms with E-state index in [1.165, 1.54) is 22.3 Å². The smallest absolute Gasteiger partial charge is 0.0384 e. The highest BCUT2D eigenvalue weighted by Crippen LogP contribution is 2.26. The SMILES string of the molecule is Nc1ccc(-c2ccc(Nc3ccc(C4=CCCC=C4)cc3)cc2)cc1. The normalized spacial score (nSPS) is 13.3. The van der Waals surface area contributed by atoms with Crippen LogP contribution in [0.3, 0.4) is 0 Å². The molecule has 0 atom stereocenters. The van der Waals surface area contributed by atoms with Gasteiger partial charge >= 0.3 is 0 Å². The number of rotatable bonds is 4. The second kappa shape index (κ2) is 7.32. The molecule has 0 amide bonds. The Morgan fingerprint density at radius 2 is 1.15 bits per heavy atom. The van der Waals surface area contributed by atoms with Crippen molar-refractivity contribution in [2.24, 2.45) is 0 Å². The lowest BCUT2D eigenvalue weighted by Gasteiger charge is -2.10. The molecule has 0 saturated heterocycles. The van der Waals surface area contributed by atoms with Crippen LogP contribution in [0.5, 0.6) is 0 Å². The molecule has 3 aromatic rings. The van der Waals surface area contributed by atoms with E-state index < -0.39 is 0 Å². The highest BCUT2D eigenvalue weighted by atomic mass is 14.9. The summed E-state index contributed by atoms with van der Waals surface area (Å²) in [5, 5.41) is 3.46. The van der Waals surface area contributed by atoms with Crippen LogP contribution in [0, 0.1) is 0 Å². The number of nitrogens with two attached hydrogens (primary N) is 1. The maximum atomic E-state index is 5.76. The minimum absolute atomic E-state index is 0.787. The van der Waals surface area contributed by atoms with Crippen molar-refractivity contribution in [3.8, 4) is 11.1 Å². The van der Waals surface area contributed by atoms with Gasteiger partial charge < -0.3 is 11.1 Å². The molecule has 0 unspecified atom stereocenters. The zero-order valence-corrected chi connectivity index (χ0v) is 14.7. The molecule has 0 spiro atoms. The lowest BCUT2D eigenvalue weighted by atomic mass is 9.99. The summed E-state index contributed by atoms with van der Waals surface area (Å²) in [7, 11) is 0. The summed E-state index contributed by atoms with van der Waals surface area (Å²) in [4.78, 5) is 0. The molecule has 1 aliphatic rings. The number of anilines is 3. The van der Waals surface area contributed by atoms with Crippen LogP contribution in [-0.4, -0.2) is 0 Å². The Kier molecular flexibility index (Phi) is 4.57. The van der Waals surface area contributed by atoms with Crippen molar-refractivity contribution in [2.45, 2.75) is 12.8 Å². The average Bonchev–Trinajstić information content (AvgIpc) is 2.71. The van der Waals surface area contributed by atoms with Crippen LogP contribution in [0.1, 0.15) is 18.4 Å². The Labute approximate surface area is 154 Å². The lowest BCUT2D eigenvalue weighted by Crippen LogP contribution is -1.91. The Morgan fingerprint density at radius 1 is 0.615 bits per heavy atom. The van der Waals surface area contributed by atoms with Crippen LogP contribution >= 0.6 is 0 Å². The number of allylic oxidation sites excluding steroid dienone is 4. The summed E-state index contributed by atoms with van der Waals surface area (Å²) in [5.74, 6) is 0. The van der Waals surface area contributed by atoms with E-state index >= 15 is 0 Å². The summed E-state index contributed by atoms with van der Waals surface area (Å²) in [6.07, 6.45) is 9.03. The van der Waals surface area contributed by atoms with Crippen molar-refractivity contribution in [2.75, 3.05) is 11.1 Å². The van der Waals surface area contributed by atoms with E-state index in [4.69, 9.17) is 5.73 Å². The van der Waals surface area contributed by atoms with Crippen molar-refractivity contribution >= 4 is 22.6 Å². The molecule has 1 aliphatic carbocycles. The molecule has 26 heavy (non-hydrogen) atoms. The predicted molar refractivity (Wildman–Crippen MR) is 112 cm³/mol. The zero-order valence-electron chi connectivity index (χ0n) is 14.7. The molecule has 0 aromatic heterocycles. The third-order valence-electron chi connectivity index (χ3n) is 4.63. The van der Waals surface area contributed by atoms with Gasteiger partial charge in [-0.2, -0.15) is 0 Å². The minimum Gasteiger partial charge on any atom is -0.399 e. The Bertz CT molecular complexity index is 931. The predicted octanol–water partition coefficient (Wildman–Crippen LogP) is 6.41. The van der Waals surface area contributed by atoms with Crippen LogP contribution in [0.15, 0.2) is 91.0 Å². The van der Waals surface area contributed by atoms with E-state index in [2.05, 4.69) is 72.1 Å². The van der Waals surface area contributed by atoms with Gasteiger partial charge in [0, 0.05) is 17.1 Å². The van der Waals surface area contributed by atoms with Gasteiger partial charge in [0.15, 0.2) is 0 Å². The molecule has 0 heterocycles. The Balaban J connectivity index is 1.46. The highest BCUT2D eigenvalue weighted by Gasteiger charge is 2.02. The van der Waals surface area contributed by atoms with Gasteiger partial charge in [-0.3, -0.25) is 0 Å². The molecule has 128 valence electrons. The van der Waals surface area contributed by atoms with Crippen molar-refractivity contribution in [1.82, 2.24) is 0 Å². The second-order valence-corrected chi connectivity index (χ2v) is 6.54. The number of nitrogens with one attached hydrogen (secondary N) is 1. The van der Waals surface area contributed by atoms with Crippen molar-refractivity contribution < 1.29 is 0 Å². The van der Waals surface area contributed by atoms with E-state index in [0.717, 1.165) is 29.9 Å². The number of hydrogen-bond donors (Lipinski definition) is 2. The van der Waals surface area contributed by atoms with Crippen LogP contribution in [0.25, 0.3) is 16.7 Å². The maximum absolute atomic E-state index is 5.76. The highest BCUT2D eigenvalue weighted by molar-refractivity contribution is 5.76. The van der Waals surface area contributed by atoms with E-state index in [9.17, 15) is 0 Å². The van der Waals surface area contributed by atoms with Gasteiger partial charge in [0.2, 0.25) is 0 Å². The van der Waals surface area contributed by atoms with Crippen LogP contribution < -0.4 is 11.1 Å². The van der Waals surface area contributed by atoms with Gasteiger partial charge in [-0.05, 0) is 71.5 Å². The minimum atomic E-state index is 0.787. The quantitative estimate of drug-likeness (QED) is 0.539. The molecule has 4 rings (SSSR count). The first-order chi connectivity index (χ1) is 12.8. The van der Waals surface area contributed by atoms with Crippen molar-refractivity contribution in [1.29, 1.82) is 0 Å². The third kappa shape index (κ3) is 3.70. The van der Waals surface area contributed by atoms with Crippen LogP contribution in [0.2, 0.25) is 0 Å². The van der Waals surface area contributed by atoms with Gasteiger partial charge in [-0.1, -0.05) is 54.6 Å². The van der Waals surface area contributed by atoms with Gasteiger partial charge in [0.05, 0.1) is 0 Å².